The lowest BCUT2D eigenvalue weighted by molar-refractivity contribution is -0.149. The summed E-state index contributed by atoms with van der Waals surface area (Å²) in [5, 5.41) is 4.14. The Labute approximate surface area is 256 Å². The van der Waals surface area contributed by atoms with Gasteiger partial charge in [-0.1, -0.05) is 23.7 Å². The highest BCUT2D eigenvalue weighted by molar-refractivity contribution is 6.30. The molecular formula is C31H29ClF3N7O2. The normalized spacial score (nSPS) is 18.5. The van der Waals surface area contributed by atoms with Crippen molar-refractivity contribution in [1.29, 1.82) is 0 Å². The summed E-state index contributed by atoms with van der Waals surface area (Å²) in [5.74, 6) is 0.914. The number of aromatic nitrogens is 4. The molecule has 44 heavy (non-hydrogen) atoms. The topological polar surface area (TPSA) is 96.4 Å². The van der Waals surface area contributed by atoms with Crippen molar-refractivity contribution < 1.29 is 22.7 Å². The Kier molecular flexibility index (Phi) is 7.38. The molecule has 7 rings (SSSR count). The molecule has 13 heteroatoms. The molecule has 0 radical (unpaired) electrons. The second-order valence-electron chi connectivity index (χ2n) is 11.4. The van der Waals surface area contributed by atoms with E-state index in [1.54, 1.807) is 24.0 Å². The summed E-state index contributed by atoms with van der Waals surface area (Å²) in [6.07, 6.45) is 0.720. The van der Waals surface area contributed by atoms with Gasteiger partial charge in [0.15, 0.2) is 0 Å². The van der Waals surface area contributed by atoms with E-state index in [0.29, 0.717) is 53.3 Å². The van der Waals surface area contributed by atoms with Gasteiger partial charge in [0.05, 0.1) is 42.2 Å². The van der Waals surface area contributed by atoms with E-state index in [2.05, 4.69) is 25.3 Å². The summed E-state index contributed by atoms with van der Waals surface area (Å²) < 4.78 is 47.0. The maximum atomic E-state index is 14.0. The minimum Gasteiger partial charge on any atom is -0.372 e. The van der Waals surface area contributed by atoms with Crippen molar-refractivity contribution in [2.24, 2.45) is 0 Å². The number of anilines is 2. The second kappa shape index (κ2) is 11.2. The summed E-state index contributed by atoms with van der Waals surface area (Å²) in [6.45, 7) is 3.06. The molecule has 1 N–H and O–H groups in total. The lowest BCUT2D eigenvalue weighted by Gasteiger charge is -2.38. The molecule has 0 bridgehead atoms. The monoisotopic (exact) mass is 623 g/mol. The van der Waals surface area contributed by atoms with Crippen molar-refractivity contribution in [2.45, 2.75) is 57.7 Å². The number of pyridine rings is 2. The fourth-order valence-electron chi connectivity index (χ4n) is 5.91. The molecule has 9 nitrogen and oxygen atoms in total. The van der Waals surface area contributed by atoms with Crippen molar-refractivity contribution in [3.63, 3.8) is 0 Å². The number of alkyl halides is 3. The van der Waals surface area contributed by atoms with Crippen LogP contribution in [-0.2, 0) is 24.5 Å². The number of carbonyl (C=O) groups excluding carboxylic acids is 1. The summed E-state index contributed by atoms with van der Waals surface area (Å²) >= 11 is 6.45. The summed E-state index contributed by atoms with van der Waals surface area (Å²) in [7, 11) is 0. The van der Waals surface area contributed by atoms with Gasteiger partial charge in [-0.3, -0.25) is 4.79 Å². The molecule has 1 atom stereocenters. The van der Waals surface area contributed by atoms with Gasteiger partial charge in [-0.25, -0.2) is 19.9 Å². The molecule has 3 aromatic heterocycles. The van der Waals surface area contributed by atoms with Gasteiger partial charge in [-0.2, -0.15) is 13.2 Å². The molecule has 1 aromatic carbocycles. The predicted molar refractivity (Wildman–Crippen MR) is 159 cm³/mol. The number of benzene rings is 1. The van der Waals surface area contributed by atoms with Crippen LogP contribution in [0.5, 0.6) is 0 Å². The predicted octanol–water partition coefficient (Wildman–Crippen LogP) is 5.48. The summed E-state index contributed by atoms with van der Waals surface area (Å²) in [4.78, 5) is 34.9. The maximum absolute atomic E-state index is 14.0. The van der Waals surface area contributed by atoms with Crippen LogP contribution >= 0.6 is 11.6 Å². The van der Waals surface area contributed by atoms with Crippen LogP contribution in [0.3, 0.4) is 0 Å². The highest BCUT2D eigenvalue weighted by atomic mass is 35.5. The van der Waals surface area contributed by atoms with Gasteiger partial charge >= 0.3 is 6.18 Å². The number of hydrogen-bond donors (Lipinski definition) is 1. The van der Waals surface area contributed by atoms with E-state index >= 15 is 0 Å². The van der Waals surface area contributed by atoms with E-state index < -0.39 is 12.2 Å². The maximum Gasteiger partial charge on any atom is 0.410 e. The third-order valence-electron chi connectivity index (χ3n) is 8.41. The fourth-order valence-corrected chi connectivity index (χ4v) is 6.17. The number of fused-ring (bicyclic) bond motifs is 3. The molecule has 5 heterocycles. The number of nitrogens with zero attached hydrogens (tertiary/aromatic N) is 6. The summed E-state index contributed by atoms with van der Waals surface area (Å²) in [5.41, 5.74) is 4.55. The first kappa shape index (κ1) is 28.9. The number of aryl methyl sites for hydroxylation is 1. The number of nitrogens with one attached hydrogen (secondary N) is 1. The van der Waals surface area contributed by atoms with Gasteiger partial charge in [0, 0.05) is 48.9 Å². The number of halogens is 4. The van der Waals surface area contributed by atoms with Gasteiger partial charge in [0.25, 0.3) is 5.91 Å². The highest BCUT2D eigenvalue weighted by Crippen LogP contribution is 2.38. The first-order valence-electron chi connectivity index (χ1n) is 14.5. The quantitative estimate of drug-likeness (QED) is 0.282. The largest absolute Gasteiger partial charge is 0.410 e. The molecule has 2 aliphatic heterocycles. The zero-order chi connectivity index (χ0) is 30.6. The lowest BCUT2D eigenvalue weighted by Crippen LogP contribution is -2.58. The van der Waals surface area contributed by atoms with Gasteiger partial charge < -0.3 is 19.9 Å². The second-order valence-corrected chi connectivity index (χ2v) is 11.8. The fraction of sp³-hybridized carbons (Fsp3) is 0.387. The lowest BCUT2D eigenvalue weighted by atomic mass is 10.0. The van der Waals surface area contributed by atoms with Crippen LogP contribution in [0, 0.1) is 6.92 Å². The molecule has 228 valence electrons. The van der Waals surface area contributed by atoms with Gasteiger partial charge in [0.2, 0.25) is 0 Å². The Morgan fingerprint density at radius 3 is 2.61 bits per heavy atom. The van der Waals surface area contributed by atoms with Gasteiger partial charge in [-0.05, 0) is 49.1 Å². The Balaban J connectivity index is 1.25. The molecule has 1 saturated heterocycles. The number of ether oxygens (including phenoxy) is 1. The van der Waals surface area contributed by atoms with Crippen LogP contribution in [0.25, 0.3) is 10.9 Å². The third kappa shape index (κ3) is 5.46. The minimum atomic E-state index is -4.42. The first-order chi connectivity index (χ1) is 21.2. The molecule has 1 unspecified atom stereocenters. The molecular weight excluding hydrogens is 595 g/mol. The Hall–Kier alpha value is -3.87. The molecule has 1 amide bonds. The van der Waals surface area contributed by atoms with E-state index in [1.807, 2.05) is 18.2 Å². The number of carbonyl (C=O) groups is 1. The highest BCUT2D eigenvalue weighted by Gasteiger charge is 2.45. The van der Waals surface area contributed by atoms with Crippen molar-refractivity contribution >= 4 is 39.9 Å². The van der Waals surface area contributed by atoms with Crippen LogP contribution in [0.15, 0.2) is 42.7 Å². The van der Waals surface area contributed by atoms with Crippen LogP contribution in [-0.4, -0.2) is 57.7 Å². The van der Waals surface area contributed by atoms with E-state index in [4.69, 9.17) is 16.3 Å². The molecule has 2 fully saturated rings. The average molecular weight is 624 g/mol. The van der Waals surface area contributed by atoms with Crippen molar-refractivity contribution in [3.8, 4) is 0 Å². The number of rotatable bonds is 6. The van der Waals surface area contributed by atoms with Crippen molar-refractivity contribution in [1.82, 2.24) is 25.3 Å². The van der Waals surface area contributed by atoms with Crippen molar-refractivity contribution in [3.05, 3.63) is 81.7 Å². The van der Waals surface area contributed by atoms with Gasteiger partial charge in [0.1, 0.15) is 22.8 Å². The molecule has 0 spiro atoms. The van der Waals surface area contributed by atoms with Crippen LogP contribution < -0.4 is 15.1 Å². The number of piperazine rings is 1. The molecule has 4 aromatic rings. The molecule has 1 aliphatic carbocycles. The molecule has 1 saturated carbocycles. The standard InChI is InChI=1S/C31H29ClF3N7O2/c1-17-25(6-7-27(39-17)41-9-8-36-13-26(41)31(33,34)35)42(30(43)20-11-37-29(38-12-20)19-3-4-19)14-18-2-5-21-22-15-44-16-23(22)28(32)40-24(21)10-18/h2,5-7,10-12,19,26,36H,3-4,8-9,13-16H2,1H3. The first-order valence-corrected chi connectivity index (χ1v) is 14.9. The smallest absolute Gasteiger partial charge is 0.372 e. The SMILES string of the molecule is Cc1nc(N2CCNCC2C(F)(F)F)ccc1N(Cc1ccc2c3c(c(Cl)nc2c1)COC3)C(=O)c1cnc(C2CC2)nc1. The van der Waals surface area contributed by atoms with Crippen molar-refractivity contribution in [2.75, 3.05) is 29.4 Å². The Bertz CT molecular complexity index is 1750. The third-order valence-corrected chi connectivity index (χ3v) is 8.72. The van der Waals surface area contributed by atoms with E-state index in [-0.39, 0.29) is 31.4 Å². The average Bonchev–Trinajstić information content (AvgIpc) is 3.75. The van der Waals surface area contributed by atoms with E-state index in [0.717, 1.165) is 40.7 Å². The minimum absolute atomic E-state index is 0.146. The summed E-state index contributed by atoms with van der Waals surface area (Å²) in [6, 6.07) is 7.27. The number of amides is 1. The molecule has 3 aliphatic rings. The number of hydrogen-bond acceptors (Lipinski definition) is 8. The zero-order valence-corrected chi connectivity index (χ0v) is 24.6. The van der Waals surface area contributed by atoms with Crippen LogP contribution in [0.2, 0.25) is 5.15 Å². The zero-order valence-electron chi connectivity index (χ0n) is 23.9. The van der Waals surface area contributed by atoms with E-state index in [9.17, 15) is 18.0 Å². The Morgan fingerprint density at radius 2 is 1.89 bits per heavy atom. The van der Waals surface area contributed by atoms with Gasteiger partial charge in [-0.15, -0.1) is 0 Å². The Morgan fingerprint density at radius 1 is 1.11 bits per heavy atom. The van der Waals surface area contributed by atoms with Crippen LogP contribution in [0.1, 0.15) is 57.3 Å². The van der Waals surface area contributed by atoms with Crippen LogP contribution in [0.4, 0.5) is 24.7 Å². The van der Waals surface area contributed by atoms with E-state index in [1.165, 1.54) is 17.3 Å².